The lowest BCUT2D eigenvalue weighted by Crippen LogP contribution is -2.11. The van der Waals surface area contributed by atoms with Crippen molar-refractivity contribution in [3.05, 3.63) is 24.8 Å². The summed E-state index contributed by atoms with van der Waals surface area (Å²) in [6.07, 6.45) is 5.49. The van der Waals surface area contributed by atoms with Crippen molar-refractivity contribution >= 4 is 0 Å². The van der Waals surface area contributed by atoms with Gasteiger partial charge in [-0.05, 0) is 6.92 Å². The van der Waals surface area contributed by atoms with E-state index in [2.05, 4.69) is 6.58 Å². The molecule has 40 valence electrons. The molecule has 0 aromatic heterocycles. The lowest BCUT2D eigenvalue weighted by molar-refractivity contribution is 1.03. The molecule has 1 unspecified atom stereocenters. The third-order valence-electron chi connectivity index (χ3n) is 0.687. The first-order valence-corrected chi connectivity index (χ1v) is 2.32. The van der Waals surface area contributed by atoms with E-state index in [-0.39, 0.29) is 6.04 Å². The molecule has 0 saturated heterocycles. The second-order valence-corrected chi connectivity index (χ2v) is 1.34. The van der Waals surface area contributed by atoms with Crippen LogP contribution in [-0.2, 0) is 0 Å². The predicted molar refractivity (Wildman–Crippen MR) is 33.0 cm³/mol. The third kappa shape index (κ3) is 3.27. The molecule has 2 N–H and O–H groups in total. The Morgan fingerprint density at radius 1 is 1.71 bits per heavy atom. The molecule has 0 rings (SSSR count). The number of hydrogen-bond acceptors (Lipinski definition) is 1. The second-order valence-electron chi connectivity index (χ2n) is 1.34. The molecular formula is C6H11N. The van der Waals surface area contributed by atoms with Gasteiger partial charge in [0, 0.05) is 6.04 Å². The highest BCUT2D eigenvalue weighted by Gasteiger charge is 1.80. The summed E-state index contributed by atoms with van der Waals surface area (Å²) in [6.45, 7) is 5.44. The van der Waals surface area contributed by atoms with E-state index in [9.17, 15) is 0 Å². The van der Waals surface area contributed by atoms with Crippen LogP contribution in [0.2, 0.25) is 0 Å². The summed E-state index contributed by atoms with van der Waals surface area (Å²) in [7, 11) is 0. The smallest absolute Gasteiger partial charge is 0.0407 e. The maximum absolute atomic E-state index is 5.38. The van der Waals surface area contributed by atoms with Crippen LogP contribution < -0.4 is 5.73 Å². The summed E-state index contributed by atoms with van der Waals surface area (Å²) < 4.78 is 0. The molecule has 0 spiro atoms. The van der Waals surface area contributed by atoms with E-state index in [0.29, 0.717) is 0 Å². The van der Waals surface area contributed by atoms with E-state index in [4.69, 9.17) is 5.73 Å². The molecule has 0 fully saturated rings. The summed E-state index contributed by atoms with van der Waals surface area (Å²) in [5, 5.41) is 0. The van der Waals surface area contributed by atoms with Gasteiger partial charge in [0.15, 0.2) is 0 Å². The van der Waals surface area contributed by atoms with Crippen LogP contribution in [0, 0.1) is 0 Å². The fourth-order valence-corrected chi connectivity index (χ4v) is 0.301. The van der Waals surface area contributed by atoms with Crippen molar-refractivity contribution in [3.63, 3.8) is 0 Å². The van der Waals surface area contributed by atoms with Gasteiger partial charge in [-0.25, -0.2) is 0 Å². The summed E-state index contributed by atoms with van der Waals surface area (Å²) in [6, 6.07) is 0.0324. The monoisotopic (exact) mass is 97.1 g/mol. The van der Waals surface area contributed by atoms with Crippen molar-refractivity contribution in [1.29, 1.82) is 0 Å². The van der Waals surface area contributed by atoms with Crippen LogP contribution in [0.5, 0.6) is 0 Å². The minimum Gasteiger partial charge on any atom is -0.321 e. The Balaban J connectivity index is 3.35. The predicted octanol–water partition coefficient (Wildman–Crippen LogP) is 1.08. The van der Waals surface area contributed by atoms with E-state index in [1.165, 1.54) is 0 Å². The van der Waals surface area contributed by atoms with Gasteiger partial charge in [-0.1, -0.05) is 18.2 Å². The van der Waals surface area contributed by atoms with Gasteiger partial charge in [0.05, 0.1) is 0 Å². The van der Waals surface area contributed by atoms with Crippen LogP contribution in [0.4, 0.5) is 0 Å². The van der Waals surface area contributed by atoms with Gasteiger partial charge in [-0.2, -0.15) is 0 Å². The van der Waals surface area contributed by atoms with E-state index in [0.717, 1.165) is 0 Å². The molecule has 0 aliphatic rings. The first-order valence-electron chi connectivity index (χ1n) is 2.32. The van der Waals surface area contributed by atoms with Crippen molar-refractivity contribution in [2.75, 3.05) is 0 Å². The SMILES string of the molecule is C=CC(N)/C=C/C. The highest BCUT2D eigenvalue weighted by molar-refractivity contribution is 4.99. The Kier molecular flexibility index (Phi) is 3.33. The minimum absolute atomic E-state index is 0.0324. The molecule has 1 heteroatoms. The first-order chi connectivity index (χ1) is 3.31. The molecular weight excluding hydrogens is 86.1 g/mol. The number of allylic oxidation sites excluding steroid dienone is 1. The van der Waals surface area contributed by atoms with Crippen molar-refractivity contribution < 1.29 is 0 Å². The van der Waals surface area contributed by atoms with Crippen LogP contribution in [0.3, 0.4) is 0 Å². The molecule has 0 aromatic rings. The molecule has 7 heavy (non-hydrogen) atoms. The van der Waals surface area contributed by atoms with Crippen LogP contribution in [0.1, 0.15) is 6.92 Å². The molecule has 1 atom stereocenters. The van der Waals surface area contributed by atoms with E-state index in [1.807, 2.05) is 19.1 Å². The standard InChI is InChI=1S/C6H11N/c1-3-5-6(7)4-2/h3-6H,2,7H2,1H3/b5-3+. The van der Waals surface area contributed by atoms with Crippen LogP contribution in [0.25, 0.3) is 0 Å². The summed E-state index contributed by atoms with van der Waals surface area (Å²) in [5.74, 6) is 0. The first kappa shape index (κ1) is 6.44. The molecule has 0 amide bonds. The fourth-order valence-electron chi connectivity index (χ4n) is 0.301. The maximum Gasteiger partial charge on any atom is 0.0407 e. The van der Waals surface area contributed by atoms with E-state index < -0.39 is 0 Å². The van der Waals surface area contributed by atoms with E-state index in [1.54, 1.807) is 6.08 Å². The van der Waals surface area contributed by atoms with Crippen LogP contribution >= 0.6 is 0 Å². The zero-order chi connectivity index (χ0) is 5.70. The third-order valence-corrected chi connectivity index (χ3v) is 0.687. The van der Waals surface area contributed by atoms with Crippen LogP contribution in [0.15, 0.2) is 24.8 Å². The van der Waals surface area contributed by atoms with Crippen molar-refractivity contribution in [2.24, 2.45) is 5.73 Å². The molecule has 1 nitrogen and oxygen atoms in total. The highest BCUT2D eigenvalue weighted by atomic mass is 14.6. The van der Waals surface area contributed by atoms with Crippen molar-refractivity contribution in [2.45, 2.75) is 13.0 Å². The number of rotatable bonds is 2. The summed E-state index contributed by atoms with van der Waals surface area (Å²) >= 11 is 0. The molecule has 0 radical (unpaired) electrons. The van der Waals surface area contributed by atoms with Crippen LogP contribution in [-0.4, -0.2) is 6.04 Å². The normalized spacial score (nSPS) is 14.6. The fraction of sp³-hybridized carbons (Fsp3) is 0.333. The Bertz CT molecular complexity index is 74.2. The number of hydrogen-bond donors (Lipinski definition) is 1. The van der Waals surface area contributed by atoms with Gasteiger partial charge < -0.3 is 5.73 Å². The van der Waals surface area contributed by atoms with Gasteiger partial charge >= 0.3 is 0 Å². The van der Waals surface area contributed by atoms with Gasteiger partial charge in [0.25, 0.3) is 0 Å². The Labute approximate surface area is 44.5 Å². The maximum atomic E-state index is 5.38. The zero-order valence-electron chi connectivity index (χ0n) is 4.59. The second kappa shape index (κ2) is 3.62. The van der Waals surface area contributed by atoms with Gasteiger partial charge in [0.1, 0.15) is 0 Å². The number of nitrogens with two attached hydrogens (primary N) is 1. The van der Waals surface area contributed by atoms with Crippen molar-refractivity contribution in [3.8, 4) is 0 Å². The molecule has 0 aliphatic heterocycles. The van der Waals surface area contributed by atoms with Crippen molar-refractivity contribution in [1.82, 2.24) is 0 Å². The molecule has 0 saturated carbocycles. The molecule has 0 aliphatic carbocycles. The lowest BCUT2D eigenvalue weighted by atomic mass is 10.3. The largest absolute Gasteiger partial charge is 0.321 e. The van der Waals surface area contributed by atoms with Gasteiger partial charge in [-0.3, -0.25) is 0 Å². The Morgan fingerprint density at radius 3 is 2.43 bits per heavy atom. The molecule has 0 bridgehead atoms. The molecule has 0 aromatic carbocycles. The zero-order valence-corrected chi connectivity index (χ0v) is 4.59. The highest BCUT2D eigenvalue weighted by Crippen LogP contribution is 1.79. The van der Waals surface area contributed by atoms with Gasteiger partial charge in [0.2, 0.25) is 0 Å². The average molecular weight is 97.2 g/mol. The summed E-state index contributed by atoms with van der Waals surface area (Å²) in [4.78, 5) is 0. The van der Waals surface area contributed by atoms with Gasteiger partial charge in [-0.15, -0.1) is 6.58 Å². The average Bonchev–Trinajstić information content (AvgIpc) is 1.68. The Hall–Kier alpha value is -0.560. The van der Waals surface area contributed by atoms with E-state index >= 15 is 0 Å². The quantitative estimate of drug-likeness (QED) is 0.512. The molecule has 0 heterocycles. The Morgan fingerprint density at radius 2 is 2.29 bits per heavy atom. The minimum atomic E-state index is 0.0324. The summed E-state index contributed by atoms with van der Waals surface area (Å²) in [5.41, 5.74) is 5.38. The lowest BCUT2D eigenvalue weighted by Gasteiger charge is -1.91. The topological polar surface area (TPSA) is 26.0 Å².